The molecule has 1 saturated heterocycles. The van der Waals surface area contributed by atoms with Crippen LogP contribution in [0.15, 0.2) is 54.7 Å². The maximum atomic E-state index is 12.9. The number of nitrogens with zero attached hydrogens (tertiary/aromatic N) is 3. The van der Waals surface area contributed by atoms with Gasteiger partial charge in [-0.05, 0) is 62.0 Å². The second-order valence-corrected chi connectivity index (χ2v) is 9.18. The second-order valence-electron chi connectivity index (χ2n) is 8.79. The molecular weight excluding hydrogens is 474 g/mol. The first-order valence-electron chi connectivity index (χ1n) is 12.0. The fraction of sp³-hybridized carbons (Fsp3) is 0.370. The van der Waals surface area contributed by atoms with Gasteiger partial charge < -0.3 is 29.6 Å². The van der Waals surface area contributed by atoms with Gasteiger partial charge in [0.1, 0.15) is 5.75 Å². The normalized spacial score (nSPS) is 17.2. The number of thiocarbonyl (C=S) groups is 1. The molecule has 1 aliphatic rings. The lowest BCUT2D eigenvalue weighted by atomic mass is 9.96. The molecule has 0 spiro atoms. The minimum Gasteiger partial charge on any atom is -0.495 e. The number of carbonyl (C=O) groups excluding carboxylic acids is 1. The number of rotatable bonds is 10. The monoisotopic (exact) mass is 507 g/mol. The molecule has 0 bridgehead atoms. The number of amides is 1. The number of carbonyl (C=O) groups is 1. The van der Waals surface area contributed by atoms with Crippen LogP contribution in [0.3, 0.4) is 0 Å². The SMILES string of the molecule is COCCn1c(C)cc([C@H]2[C@H](c3ccccn3)NC(=S)N2CCC(=O)Nc2ccccc2OC)c1C. The molecule has 1 fully saturated rings. The molecule has 2 atom stereocenters. The fourth-order valence-corrected chi connectivity index (χ4v) is 5.15. The summed E-state index contributed by atoms with van der Waals surface area (Å²) in [5.74, 6) is 0.522. The zero-order valence-electron chi connectivity index (χ0n) is 21.2. The van der Waals surface area contributed by atoms with Crippen molar-refractivity contribution in [2.24, 2.45) is 0 Å². The summed E-state index contributed by atoms with van der Waals surface area (Å²) < 4.78 is 12.9. The van der Waals surface area contributed by atoms with Crippen molar-refractivity contribution in [3.8, 4) is 5.75 Å². The molecule has 36 heavy (non-hydrogen) atoms. The van der Waals surface area contributed by atoms with Crippen molar-refractivity contribution >= 4 is 28.9 Å². The zero-order chi connectivity index (χ0) is 25.7. The highest BCUT2D eigenvalue weighted by Crippen LogP contribution is 2.41. The molecule has 4 rings (SSSR count). The number of aromatic nitrogens is 2. The van der Waals surface area contributed by atoms with E-state index in [0.717, 1.165) is 29.2 Å². The second kappa shape index (κ2) is 11.5. The Morgan fingerprint density at radius 2 is 1.92 bits per heavy atom. The van der Waals surface area contributed by atoms with Crippen LogP contribution in [0, 0.1) is 13.8 Å². The van der Waals surface area contributed by atoms with Gasteiger partial charge in [0, 0.05) is 44.2 Å². The van der Waals surface area contributed by atoms with Crippen LogP contribution in [0.2, 0.25) is 0 Å². The standard InChI is InChI=1S/C27H33N5O3S/c1-18-17-20(19(2)31(18)15-16-34-3)26-25(22-10-7-8-13-28-22)30-27(36)32(26)14-12-24(33)29-21-9-5-6-11-23(21)35-4/h5-11,13,17,25-26H,12,14-16H2,1-4H3,(H,29,33)(H,30,36)/t25-,26-/m0/s1. The van der Waals surface area contributed by atoms with E-state index in [2.05, 4.69) is 45.0 Å². The number of anilines is 1. The Bertz CT molecular complexity index is 1210. The summed E-state index contributed by atoms with van der Waals surface area (Å²) in [4.78, 5) is 19.6. The Kier molecular flexibility index (Phi) is 8.22. The third-order valence-electron chi connectivity index (χ3n) is 6.61. The van der Waals surface area contributed by atoms with Gasteiger partial charge in [0.05, 0.1) is 37.2 Å². The Labute approximate surface area is 217 Å². The van der Waals surface area contributed by atoms with Gasteiger partial charge in [-0.3, -0.25) is 9.78 Å². The average molecular weight is 508 g/mol. The highest BCUT2D eigenvalue weighted by molar-refractivity contribution is 7.80. The van der Waals surface area contributed by atoms with Crippen LogP contribution in [0.4, 0.5) is 5.69 Å². The Balaban J connectivity index is 1.60. The Morgan fingerprint density at radius 1 is 1.14 bits per heavy atom. The lowest BCUT2D eigenvalue weighted by Gasteiger charge is -2.28. The molecule has 2 aromatic heterocycles. The van der Waals surface area contributed by atoms with E-state index in [-0.39, 0.29) is 24.4 Å². The van der Waals surface area contributed by atoms with Gasteiger partial charge in [-0.15, -0.1) is 0 Å². The molecule has 8 nitrogen and oxygen atoms in total. The van der Waals surface area contributed by atoms with Gasteiger partial charge in [0.15, 0.2) is 5.11 Å². The van der Waals surface area contributed by atoms with E-state index in [1.807, 2.05) is 42.5 Å². The van der Waals surface area contributed by atoms with Crippen molar-refractivity contribution < 1.29 is 14.3 Å². The topological polar surface area (TPSA) is 80.7 Å². The van der Waals surface area contributed by atoms with Crippen LogP contribution >= 0.6 is 12.2 Å². The molecule has 190 valence electrons. The molecule has 0 aliphatic carbocycles. The lowest BCUT2D eigenvalue weighted by molar-refractivity contribution is -0.116. The summed E-state index contributed by atoms with van der Waals surface area (Å²) in [5.41, 5.74) is 5.04. The van der Waals surface area contributed by atoms with E-state index < -0.39 is 0 Å². The number of para-hydroxylation sites is 2. The quantitative estimate of drug-likeness (QED) is 0.399. The van der Waals surface area contributed by atoms with Crippen molar-refractivity contribution in [1.82, 2.24) is 19.8 Å². The van der Waals surface area contributed by atoms with E-state index in [9.17, 15) is 4.79 Å². The van der Waals surface area contributed by atoms with E-state index in [4.69, 9.17) is 21.7 Å². The molecule has 3 aromatic rings. The van der Waals surface area contributed by atoms with E-state index >= 15 is 0 Å². The number of ether oxygens (including phenoxy) is 2. The molecule has 0 unspecified atom stereocenters. The summed E-state index contributed by atoms with van der Waals surface area (Å²) in [6.45, 7) is 6.10. The van der Waals surface area contributed by atoms with Gasteiger partial charge in [-0.25, -0.2) is 0 Å². The van der Waals surface area contributed by atoms with Crippen LogP contribution in [-0.4, -0.2) is 52.8 Å². The molecule has 0 radical (unpaired) electrons. The zero-order valence-corrected chi connectivity index (χ0v) is 22.0. The largest absolute Gasteiger partial charge is 0.495 e. The first kappa shape index (κ1) is 25.7. The van der Waals surface area contributed by atoms with Crippen LogP contribution in [0.25, 0.3) is 0 Å². The van der Waals surface area contributed by atoms with E-state index in [1.54, 1.807) is 20.4 Å². The van der Waals surface area contributed by atoms with Gasteiger partial charge in [-0.1, -0.05) is 18.2 Å². The summed E-state index contributed by atoms with van der Waals surface area (Å²) in [6, 6.07) is 15.3. The van der Waals surface area contributed by atoms with Crippen molar-refractivity contribution in [3.63, 3.8) is 0 Å². The molecule has 0 saturated carbocycles. The summed E-state index contributed by atoms with van der Waals surface area (Å²) in [6.07, 6.45) is 2.07. The van der Waals surface area contributed by atoms with Crippen LogP contribution in [0.5, 0.6) is 5.75 Å². The fourth-order valence-electron chi connectivity index (χ4n) is 4.82. The van der Waals surface area contributed by atoms with E-state index in [1.165, 1.54) is 0 Å². The summed E-state index contributed by atoms with van der Waals surface area (Å²) >= 11 is 5.78. The van der Waals surface area contributed by atoms with Gasteiger partial charge in [0.25, 0.3) is 0 Å². The van der Waals surface area contributed by atoms with Gasteiger partial charge in [0.2, 0.25) is 5.91 Å². The summed E-state index contributed by atoms with van der Waals surface area (Å²) in [5, 5.41) is 7.04. The molecule has 1 amide bonds. The average Bonchev–Trinajstić information content (AvgIpc) is 3.36. The van der Waals surface area contributed by atoms with Gasteiger partial charge in [-0.2, -0.15) is 0 Å². The van der Waals surface area contributed by atoms with Crippen molar-refractivity contribution in [3.05, 3.63) is 77.4 Å². The lowest BCUT2D eigenvalue weighted by Crippen LogP contribution is -2.33. The molecular formula is C27H33N5O3S. The maximum absolute atomic E-state index is 12.9. The number of methoxy groups -OCH3 is 2. The Hall–Kier alpha value is -3.43. The molecule has 3 heterocycles. The van der Waals surface area contributed by atoms with Crippen molar-refractivity contribution in [2.75, 3.05) is 32.7 Å². The molecule has 2 N–H and O–H groups in total. The van der Waals surface area contributed by atoms with Crippen molar-refractivity contribution in [2.45, 2.75) is 38.9 Å². The maximum Gasteiger partial charge on any atom is 0.226 e. The molecule has 1 aliphatic heterocycles. The van der Waals surface area contributed by atoms with Crippen LogP contribution in [-0.2, 0) is 16.1 Å². The smallest absolute Gasteiger partial charge is 0.226 e. The van der Waals surface area contributed by atoms with Crippen LogP contribution in [0.1, 0.15) is 41.1 Å². The number of pyridine rings is 1. The number of hydrogen-bond donors (Lipinski definition) is 2. The number of hydrogen-bond acceptors (Lipinski definition) is 5. The Morgan fingerprint density at radius 3 is 2.64 bits per heavy atom. The first-order chi connectivity index (χ1) is 17.4. The predicted molar refractivity (Wildman–Crippen MR) is 144 cm³/mol. The number of aryl methyl sites for hydroxylation is 1. The molecule has 9 heteroatoms. The van der Waals surface area contributed by atoms with Gasteiger partial charge >= 0.3 is 0 Å². The third kappa shape index (κ3) is 5.37. The minimum absolute atomic E-state index is 0.103. The minimum atomic E-state index is -0.132. The first-order valence-corrected chi connectivity index (χ1v) is 12.4. The number of benzene rings is 1. The van der Waals surface area contributed by atoms with E-state index in [0.29, 0.717) is 29.7 Å². The summed E-state index contributed by atoms with van der Waals surface area (Å²) in [7, 11) is 3.30. The highest BCUT2D eigenvalue weighted by atomic mass is 32.1. The van der Waals surface area contributed by atoms with Crippen molar-refractivity contribution in [1.29, 1.82) is 0 Å². The highest BCUT2D eigenvalue weighted by Gasteiger charge is 2.41. The third-order valence-corrected chi connectivity index (χ3v) is 6.96. The number of nitrogens with one attached hydrogen (secondary N) is 2. The molecule has 1 aromatic carbocycles. The van der Waals surface area contributed by atoms with Crippen LogP contribution < -0.4 is 15.4 Å². The predicted octanol–water partition coefficient (Wildman–Crippen LogP) is 4.16.